The molecular weight excluding hydrogens is 302 g/mol. The summed E-state index contributed by atoms with van der Waals surface area (Å²) in [7, 11) is 8.88. The van der Waals surface area contributed by atoms with E-state index in [1.54, 1.807) is 0 Å². The molecule has 0 aromatic heterocycles. The Kier molecular flexibility index (Phi) is 8.75. The Labute approximate surface area is 136 Å². The molecule has 0 spiro atoms. The maximum atomic E-state index is 11.5. The molecule has 7 heteroatoms. The summed E-state index contributed by atoms with van der Waals surface area (Å²) >= 11 is 0. The first-order valence-corrected chi connectivity index (χ1v) is 6.90. The molecule has 0 saturated heterocycles. The summed E-state index contributed by atoms with van der Waals surface area (Å²) in [5.74, 6) is -1.20. The highest BCUT2D eigenvalue weighted by Gasteiger charge is 2.03. The third-order valence-electron chi connectivity index (χ3n) is 2.67. The van der Waals surface area contributed by atoms with Crippen molar-refractivity contribution in [2.75, 3.05) is 48.5 Å². The van der Waals surface area contributed by atoms with E-state index in [1.807, 2.05) is 0 Å². The Morgan fingerprint density at radius 3 is 1.96 bits per heavy atom. The van der Waals surface area contributed by atoms with Gasteiger partial charge in [-0.05, 0) is 29.5 Å². The standard InChI is InChI=1S/C11H12O5.C5H14NO/c1-15-8-5-7(3-4-10(12)13)6-9(16-2)11(8)14;1-6(2,3)4-5-7/h3-6,14H,1-2H3,(H,12,13);7H,4-5H2,1-3H3/q;+1/p-1/b4-3+;. The molecule has 130 valence electrons. The van der Waals surface area contributed by atoms with Gasteiger partial charge >= 0.3 is 5.97 Å². The SMILES string of the molecule is COc1cc(/C=C/C(=O)O)cc(OC)c1[O-].C[N+](C)(C)CCO. The van der Waals surface area contributed by atoms with Crippen molar-refractivity contribution in [3.05, 3.63) is 23.8 Å². The quantitative estimate of drug-likeness (QED) is 0.585. The van der Waals surface area contributed by atoms with Crippen LogP contribution in [0.1, 0.15) is 5.56 Å². The van der Waals surface area contributed by atoms with Crippen molar-refractivity contribution in [1.29, 1.82) is 0 Å². The van der Waals surface area contributed by atoms with Gasteiger partial charge in [0.05, 0.1) is 42.0 Å². The second-order valence-corrected chi connectivity index (χ2v) is 5.66. The Morgan fingerprint density at radius 1 is 1.22 bits per heavy atom. The zero-order valence-electron chi connectivity index (χ0n) is 14.2. The molecule has 0 atom stereocenters. The molecule has 0 heterocycles. The first-order valence-electron chi connectivity index (χ1n) is 6.90. The van der Waals surface area contributed by atoms with Gasteiger partial charge in [0.2, 0.25) is 0 Å². The van der Waals surface area contributed by atoms with Crippen molar-refractivity contribution < 1.29 is 34.1 Å². The van der Waals surface area contributed by atoms with Gasteiger partial charge in [-0.2, -0.15) is 0 Å². The number of likely N-dealkylation sites (N-methyl/N-ethyl adjacent to an activating group) is 1. The average molecular weight is 327 g/mol. The topological polar surface area (TPSA) is 99.1 Å². The number of rotatable bonds is 6. The van der Waals surface area contributed by atoms with Crippen LogP contribution in [-0.2, 0) is 4.79 Å². The minimum absolute atomic E-state index is 0.115. The number of carboxylic acid groups (broad SMARTS) is 1. The molecule has 23 heavy (non-hydrogen) atoms. The molecule has 1 aromatic carbocycles. The van der Waals surface area contributed by atoms with Crippen LogP contribution >= 0.6 is 0 Å². The summed E-state index contributed by atoms with van der Waals surface area (Å²) in [6.45, 7) is 1.11. The second-order valence-electron chi connectivity index (χ2n) is 5.66. The first kappa shape index (κ1) is 20.8. The van der Waals surface area contributed by atoms with Crippen molar-refractivity contribution in [3.63, 3.8) is 0 Å². The number of hydrogen-bond donors (Lipinski definition) is 2. The van der Waals surface area contributed by atoms with Crippen LogP contribution in [0.15, 0.2) is 18.2 Å². The van der Waals surface area contributed by atoms with E-state index in [1.165, 1.54) is 32.4 Å². The summed E-state index contributed by atoms with van der Waals surface area (Å²) in [6, 6.07) is 2.90. The Bertz CT molecular complexity index is 509. The van der Waals surface area contributed by atoms with Crippen LogP contribution < -0.4 is 14.6 Å². The molecule has 2 N–H and O–H groups in total. The van der Waals surface area contributed by atoms with Gasteiger partial charge in [-0.25, -0.2) is 4.79 Å². The molecular formula is C16H25NO6. The number of carboxylic acids is 1. The summed E-state index contributed by atoms with van der Waals surface area (Å²) in [5.41, 5.74) is 0.524. The number of aliphatic hydroxyl groups excluding tert-OH is 1. The Morgan fingerprint density at radius 2 is 1.70 bits per heavy atom. The van der Waals surface area contributed by atoms with E-state index in [-0.39, 0.29) is 23.9 Å². The van der Waals surface area contributed by atoms with Crippen molar-refractivity contribution in [2.24, 2.45) is 0 Å². The summed E-state index contributed by atoms with van der Waals surface area (Å²) in [4.78, 5) is 10.3. The van der Waals surface area contributed by atoms with Crippen molar-refractivity contribution in [1.82, 2.24) is 0 Å². The monoisotopic (exact) mass is 327 g/mol. The normalized spacial score (nSPS) is 10.9. The fraction of sp³-hybridized carbons (Fsp3) is 0.438. The molecule has 0 saturated carbocycles. The minimum atomic E-state index is -1.07. The molecule has 0 fully saturated rings. The molecule has 1 aromatic rings. The van der Waals surface area contributed by atoms with E-state index >= 15 is 0 Å². The van der Waals surface area contributed by atoms with E-state index < -0.39 is 5.97 Å². The molecule has 0 bridgehead atoms. The highest BCUT2D eigenvalue weighted by molar-refractivity contribution is 5.85. The van der Waals surface area contributed by atoms with Gasteiger partial charge in [0.1, 0.15) is 18.0 Å². The molecule has 0 unspecified atom stereocenters. The van der Waals surface area contributed by atoms with Crippen LogP contribution in [0.5, 0.6) is 17.2 Å². The molecule has 0 aliphatic rings. The summed E-state index contributed by atoms with van der Waals surface area (Å²) in [6.07, 6.45) is 2.32. The number of aliphatic hydroxyl groups is 1. The number of hydrogen-bond acceptors (Lipinski definition) is 5. The lowest BCUT2D eigenvalue weighted by Gasteiger charge is -2.21. The third kappa shape index (κ3) is 8.70. The lowest BCUT2D eigenvalue weighted by Crippen LogP contribution is -2.36. The van der Waals surface area contributed by atoms with Crippen LogP contribution in [0.25, 0.3) is 6.08 Å². The second kappa shape index (κ2) is 9.70. The Hall–Kier alpha value is -2.25. The zero-order valence-corrected chi connectivity index (χ0v) is 14.2. The highest BCUT2D eigenvalue weighted by atomic mass is 16.5. The van der Waals surface area contributed by atoms with E-state index in [0.29, 0.717) is 5.56 Å². The predicted octanol–water partition coefficient (Wildman–Crippen LogP) is 0.560. The van der Waals surface area contributed by atoms with Gasteiger partial charge in [-0.15, -0.1) is 0 Å². The van der Waals surface area contributed by atoms with Crippen LogP contribution in [-0.4, -0.2) is 69.2 Å². The zero-order chi connectivity index (χ0) is 18.0. The van der Waals surface area contributed by atoms with E-state index in [4.69, 9.17) is 19.7 Å². The fourth-order valence-electron chi connectivity index (χ4n) is 1.46. The maximum Gasteiger partial charge on any atom is 0.328 e. The molecule has 1 rings (SSSR count). The van der Waals surface area contributed by atoms with E-state index in [2.05, 4.69) is 21.1 Å². The minimum Gasteiger partial charge on any atom is -0.867 e. The third-order valence-corrected chi connectivity index (χ3v) is 2.67. The van der Waals surface area contributed by atoms with Gasteiger partial charge in [0, 0.05) is 6.08 Å². The van der Waals surface area contributed by atoms with Crippen LogP contribution in [0.3, 0.4) is 0 Å². The number of nitrogens with zero attached hydrogens (tertiary/aromatic N) is 1. The fourth-order valence-corrected chi connectivity index (χ4v) is 1.46. The predicted molar refractivity (Wildman–Crippen MR) is 85.6 cm³/mol. The molecule has 0 radical (unpaired) electrons. The van der Waals surface area contributed by atoms with E-state index in [0.717, 1.165) is 17.1 Å². The Balaban J connectivity index is 0.000000585. The number of methoxy groups -OCH3 is 2. The van der Waals surface area contributed by atoms with Crippen molar-refractivity contribution in [3.8, 4) is 17.2 Å². The largest absolute Gasteiger partial charge is 0.867 e. The van der Waals surface area contributed by atoms with E-state index in [9.17, 15) is 9.90 Å². The highest BCUT2D eigenvalue weighted by Crippen LogP contribution is 2.34. The lowest BCUT2D eigenvalue weighted by atomic mass is 10.1. The summed E-state index contributed by atoms with van der Waals surface area (Å²) < 4.78 is 10.6. The first-order chi connectivity index (χ1) is 10.6. The average Bonchev–Trinajstić information content (AvgIpc) is 2.45. The van der Waals surface area contributed by atoms with Crippen molar-refractivity contribution >= 4 is 12.0 Å². The number of ether oxygens (including phenoxy) is 2. The smallest absolute Gasteiger partial charge is 0.328 e. The van der Waals surface area contributed by atoms with Gasteiger partial charge in [0.15, 0.2) is 0 Å². The molecule has 0 amide bonds. The van der Waals surface area contributed by atoms with Crippen LogP contribution in [0.4, 0.5) is 0 Å². The molecule has 0 aliphatic heterocycles. The van der Waals surface area contributed by atoms with Gasteiger partial charge in [-0.3, -0.25) is 0 Å². The number of benzene rings is 1. The summed E-state index contributed by atoms with van der Waals surface area (Å²) in [5, 5.41) is 28.4. The molecule has 7 nitrogen and oxygen atoms in total. The van der Waals surface area contributed by atoms with Crippen molar-refractivity contribution in [2.45, 2.75) is 0 Å². The van der Waals surface area contributed by atoms with Gasteiger partial charge in [-0.1, -0.05) is 0 Å². The lowest BCUT2D eigenvalue weighted by molar-refractivity contribution is -0.870. The van der Waals surface area contributed by atoms with Crippen LogP contribution in [0, 0.1) is 0 Å². The van der Waals surface area contributed by atoms with Gasteiger partial charge < -0.3 is 29.3 Å². The number of aliphatic carboxylic acids is 1. The van der Waals surface area contributed by atoms with Crippen LogP contribution in [0.2, 0.25) is 0 Å². The number of carbonyl (C=O) groups is 1. The van der Waals surface area contributed by atoms with Gasteiger partial charge in [0.25, 0.3) is 0 Å². The molecule has 0 aliphatic carbocycles. The maximum absolute atomic E-state index is 11.5. The number of quaternary nitrogens is 1.